The van der Waals surface area contributed by atoms with Gasteiger partial charge in [0, 0.05) is 12.6 Å². The third-order valence-electron chi connectivity index (χ3n) is 3.12. The quantitative estimate of drug-likeness (QED) is 0.831. The van der Waals surface area contributed by atoms with Crippen LogP contribution in [-0.2, 0) is 11.3 Å². The maximum atomic E-state index is 5.41. The summed E-state index contributed by atoms with van der Waals surface area (Å²) in [6.45, 7) is 2.31. The van der Waals surface area contributed by atoms with E-state index in [0.717, 1.165) is 44.3 Å². The fourth-order valence-electron chi connectivity index (χ4n) is 1.96. The third kappa shape index (κ3) is 2.41. The second-order valence-electron chi connectivity index (χ2n) is 4.62. The van der Waals surface area contributed by atoms with E-state index in [-0.39, 0.29) is 0 Å². The molecule has 2 aliphatic rings. The molecular weight excluding hydrogens is 206 g/mol. The van der Waals surface area contributed by atoms with Crippen LogP contribution in [0.1, 0.15) is 43.3 Å². The standard InChI is InChI=1S/C11H17N3O2/c1-2-8(7-15-5-1)11-13-10(14-16-11)6-12-9-3-4-9/h8-9,12H,1-7H2. The van der Waals surface area contributed by atoms with Gasteiger partial charge in [0.2, 0.25) is 5.89 Å². The van der Waals surface area contributed by atoms with Crippen molar-refractivity contribution in [1.29, 1.82) is 0 Å². The Balaban J connectivity index is 1.57. The molecule has 5 nitrogen and oxygen atoms in total. The molecular formula is C11H17N3O2. The molecule has 1 saturated carbocycles. The highest BCUT2D eigenvalue weighted by Crippen LogP contribution is 2.24. The number of aromatic nitrogens is 2. The molecule has 1 unspecified atom stereocenters. The maximum Gasteiger partial charge on any atom is 0.232 e. The van der Waals surface area contributed by atoms with Gasteiger partial charge in [0.15, 0.2) is 5.82 Å². The second kappa shape index (κ2) is 4.51. The Bertz CT molecular complexity index is 343. The van der Waals surface area contributed by atoms with Gasteiger partial charge in [-0.05, 0) is 25.7 Å². The minimum Gasteiger partial charge on any atom is -0.381 e. The van der Waals surface area contributed by atoms with Crippen molar-refractivity contribution in [3.63, 3.8) is 0 Å². The van der Waals surface area contributed by atoms with Crippen LogP contribution < -0.4 is 5.32 Å². The highest BCUT2D eigenvalue weighted by Gasteiger charge is 2.24. The largest absolute Gasteiger partial charge is 0.381 e. The molecule has 0 bridgehead atoms. The summed E-state index contributed by atoms with van der Waals surface area (Å²) in [7, 11) is 0. The zero-order chi connectivity index (χ0) is 10.8. The lowest BCUT2D eigenvalue weighted by Gasteiger charge is -2.17. The van der Waals surface area contributed by atoms with Crippen molar-refractivity contribution in [1.82, 2.24) is 15.5 Å². The number of ether oxygens (including phenoxy) is 1. The molecule has 5 heteroatoms. The molecule has 0 spiro atoms. The maximum absolute atomic E-state index is 5.41. The summed E-state index contributed by atoms with van der Waals surface area (Å²) >= 11 is 0. The molecule has 1 aromatic heterocycles. The molecule has 1 aromatic rings. The highest BCUT2D eigenvalue weighted by molar-refractivity contribution is 4.96. The van der Waals surface area contributed by atoms with Gasteiger partial charge in [-0.15, -0.1) is 0 Å². The minimum atomic E-state index is 0.302. The predicted molar refractivity (Wildman–Crippen MR) is 57.0 cm³/mol. The van der Waals surface area contributed by atoms with E-state index in [9.17, 15) is 0 Å². The van der Waals surface area contributed by atoms with Crippen LogP contribution in [0.4, 0.5) is 0 Å². The van der Waals surface area contributed by atoms with Crippen molar-refractivity contribution in [2.75, 3.05) is 13.2 Å². The van der Waals surface area contributed by atoms with Crippen LogP contribution in [0.5, 0.6) is 0 Å². The molecule has 2 heterocycles. The lowest BCUT2D eigenvalue weighted by molar-refractivity contribution is 0.0705. The van der Waals surface area contributed by atoms with Gasteiger partial charge in [-0.3, -0.25) is 0 Å². The van der Waals surface area contributed by atoms with Crippen LogP contribution >= 0.6 is 0 Å². The van der Waals surface area contributed by atoms with E-state index < -0.39 is 0 Å². The SMILES string of the molecule is C1COCC(c2nc(CNC3CC3)no2)C1. The Morgan fingerprint density at radius 3 is 3.00 bits per heavy atom. The molecule has 0 aromatic carbocycles. The smallest absolute Gasteiger partial charge is 0.232 e. The molecule has 0 amide bonds. The zero-order valence-electron chi connectivity index (χ0n) is 9.32. The number of hydrogen-bond acceptors (Lipinski definition) is 5. The van der Waals surface area contributed by atoms with E-state index in [1.165, 1.54) is 12.8 Å². The van der Waals surface area contributed by atoms with Gasteiger partial charge in [0.25, 0.3) is 0 Å². The molecule has 88 valence electrons. The van der Waals surface area contributed by atoms with Crippen LogP contribution in [0.15, 0.2) is 4.52 Å². The van der Waals surface area contributed by atoms with Gasteiger partial charge in [-0.2, -0.15) is 4.98 Å². The van der Waals surface area contributed by atoms with Crippen LogP contribution in [0.2, 0.25) is 0 Å². The van der Waals surface area contributed by atoms with Crippen molar-refractivity contribution in [2.45, 2.75) is 44.2 Å². The lowest BCUT2D eigenvalue weighted by atomic mass is 10.0. The predicted octanol–water partition coefficient (Wildman–Crippen LogP) is 1.22. The Hall–Kier alpha value is -0.940. The lowest BCUT2D eigenvalue weighted by Crippen LogP contribution is -2.17. The summed E-state index contributed by atoms with van der Waals surface area (Å²) in [4.78, 5) is 4.41. The van der Waals surface area contributed by atoms with Gasteiger partial charge >= 0.3 is 0 Å². The van der Waals surface area contributed by atoms with Gasteiger partial charge in [0.05, 0.1) is 19.1 Å². The minimum absolute atomic E-state index is 0.302. The third-order valence-corrected chi connectivity index (χ3v) is 3.12. The highest BCUT2D eigenvalue weighted by atomic mass is 16.5. The zero-order valence-corrected chi connectivity index (χ0v) is 9.32. The molecule has 0 radical (unpaired) electrons. The van der Waals surface area contributed by atoms with Gasteiger partial charge in [0.1, 0.15) is 0 Å². The van der Waals surface area contributed by atoms with Crippen molar-refractivity contribution in [2.24, 2.45) is 0 Å². The summed E-state index contributed by atoms with van der Waals surface area (Å²) < 4.78 is 10.7. The number of nitrogens with one attached hydrogen (secondary N) is 1. The topological polar surface area (TPSA) is 60.2 Å². The van der Waals surface area contributed by atoms with E-state index in [4.69, 9.17) is 9.26 Å². The molecule has 1 aliphatic heterocycles. The number of rotatable bonds is 4. The van der Waals surface area contributed by atoms with E-state index in [1.54, 1.807) is 0 Å². The van der Waals surface area contributed by atoms with Gasteiger partial charge < -0.3 is 14.6 Å². The van der Waals surface area contributed by atoms with Crippen molar-refractivity contribution < 1.29 is 9.26 Å². The Kier molecular flexibility index (Phi) is 2.88. The van der Waals surface area contributed by atoms with E-state index in [0.29, 0.717) is 12.0 Å². The van der Waals surface area contributed by atoms with Crippen molar-refractivity contribution in [3.8, 4) is 0 Å². The van der Waals surface area contributed by atoms with Gasteiger partial charge in [-0.1, -0.05) is 5.16 Å². The Morgan fingerprint density at radius 2 is 2.25 bits per heavy atom. The van der Waals surface area contributed by atoms with Crippen LogP contribution in [0.25, 0.3) is 0 Å². The molecule has 16 heavy (non-hydrogen) atoms. The van der Waals surface area contributed by atoms with Crippen LogP contribution in [0.3, 0.4) is 0 Å². The summed E-state index contributed by atoms with van der Waals surface area (Å²) in [5.74, 6) is 1.82. The molecule has 3 rings (SSSR count). The summed E-state index contributed by atoms with van der Waals surface area (Å²) in [5, 5.41) is 7.36. The van der Waals surface area contributed by atoms with Crippen LogP contribution in [0, 0.1) is 0 Å². The van der Waals surface area contributed by atoms with Crippen molar-refractivity contribution >= 4 is 0 Å². The molecule has 1 aliphatic carbocycles. The monoisotopic (exact) mass is 223 g/mol. The molecule has 1 atom stereocenters. The fourth-order valence-corrected chi connectivity index (χ4v) is 1.96. The normalized spacial score (nSPS) is 25.9. The first kappa shape index (κ1) is 10.2. The first-order chi connectivity index (χ1) is 7.92. The fraction of sp³-hybridized carbons (Fsp3) is 0.818. The summed E-state index contributed by atoms with van der Waals surface area (Å²) in [6, 6.07) is 0.681. The first-order valence-corrected chi connectivity index (χ1v) is 6.05. The van der Waals surface area contributed by atoms with E-state index in [2.05, 4.69) is 15.5 Å². The Morgan fingerprint density at radius 1 is 1.31 bits per heavy atom. The van der Waals surface area contributed by atoms with Crippen LogP contribution in [-0.4, -0.2) is 29.4 Å². The van der Waals surface area contributed by atoms with Gasteiger partial charge in [-0.25, -0.2) is 0 Å². The average molecular weight is 223 g/mol. The first-order valence-electron chi connectivity index (χ1n) is 6.05. The Labute approximate surface area is 94.6 Å². The summed E-state index contributed by atoms with van der Waals surface area (Å²) in [6.07, 6.45) is 4.74. The molecule has 2 fully saturated rings. The average Bonchev–Trinajstić information content (AvgIpc) is 3.05. The number of nitrogens with zero attached hydrogens (tertiary/aromatic N) is 2. The molecule has 1 saturated heterocycles. The second-order valence-corrected chi connectivity index (χ2v) is 4.62. The summed E-state index contributed by atoms with van der Waals surface area (Å²) in [5.41, 5.74) is 0. The van der Waals surface area contributed by atoms with E-state index >= 15 is 0 Å². The number of hydrogen-bond donors (Lipinski definition) is 1. The molecule has 1 N–H and O–H groups in total. The van der Waals surface area contributed by atoms with Crippen molar-refractivity contribution in [3.05, 3.63) is 11.7 Å². The van der Waals surface area contributed by atoms with E-state index in [1.807, 2.05) is 0 Å².